The van der Waals surface area contributed by atoms with Crippen molar-refractivity contribution in [3.63, 3.8) is 0 Å². The SMILES string of the molecule is COC(C)C(C)(NC(C)C)c1nc(C(C)(C)C)cs1. The van der Waals surface area contributed by atoms with Gasteiger partial charge in [0.1, 0.15) is 5.01 Å². The molecule has 2 atom stereocenters. The third-order valence-corrected chi connectivity index (χ3v) is 4.55. The highest BCUT2D eigenvalue weighted by atomic mass is 32.1. The Morgan fingerprint density at radius 2 is 1.79 bits per heavy atom. The second-order valence-corrected chi connectivity index (χ2v) is 7.53. The van der Waals surface area contributed by atoms with Crippen molar-refractivity contribution < 1.29 is 4.74 Å². The van der Waals surface area contributed by atoms with E-state index in [9.17, 15) is 0 Å². The Bertz CT molecular complexity index is 409. The largest absolute Gasteiger partial charge is 0.379 e. The molecule has 1 N–H and O–H groups in total. The number of ether oxygens (including phenoxy) is 1. The van der Waals surface area contributed by atoms with Crippen molar-refractivity contribution in [2.24, 2.45) is 0 Å². The number of aromatic nitrogens is 1. The van der Waals surface area contributed by atoms with E-state index in [1.165, 1.54) is 0 Å². The van der Waals surface area contributed by atoms with Gasteiger partial charge in [-0.3, -0.25) is 0 Å². The van der Waals surface area contributed by atoms with Gasteiger partial charge in [-0.15, -0.1) is 11.3 Å². The van der Waals surface area contributed by atoms with Gasteiger partial charge in [0.25, 0.3) is 0 Å². The summed E-state index contributed by atoms with van der Waals surface area (Å²) in [6, 6.07) is 0.379. The van der Waals surface area contributed by atoms with Crippen molar-refractivity contribution in [1.29, 1.82) is 0 Å². The zero-order chi connectivity index (χ0) is 14.8. The first-order valence-corrected chi connectivity index (χ1v) is 7.76. The number of hydrogen-bond donors (Lipinski definition) is 1. The summed E-state index contributed by atoms with van der Waals surface area (Å²) >= 11 is 1.72. The molecule has 0 bridgehead atoms. The number of methoxy groups -OCH3 is 1. The summed E-state index contributed by atoms with van der Waals surface area (Å²) in [5.41, 5.74) is 0.980. The fourth-order valence-electron chi connectivity index (χ4n) is 2.05. The summed E-state index contributed by atoms with van der Waals surface area (Å²) in [5.74, 6) is 0. The topological polar surface area (TPSA) is 34.1 Å². The lowest BCUT2D eigenvalue weighted by Gasteiger charge is -2.36. The molecule has 0 radical (unpaired) electrons. The monoisotopic (exact) mass is 284 g/mol. The Kier molecular flexibility index (Phi) is 5.15. The van der Waals surface area contributed by atoms with Crippen molar-refractivity contribution in [2.45, 2.75) is 71.6 Å². The van der Waals surface area contributed by atoms with Crippen molar-refractivity contribution in [2.75, 3.05) is 7.11 Å². The molecule has 0 aliphatic carbocycles. The Morgan fingerprint density at radius 3 is 2.16 bits per heavy atom. The molecule has 3 nitrogen and oxygen atoms in total. The Morgan fingerprint density at radius 1 is 1.21 bits per heavy atom. The number of nitrogens with zero attached hydrogens (tertiary/aromatic N) is 1. The van der Waals surface area contributed by atoms with Crippen LogP contribution in [0.5, 0.6) is 0 Å². The van der Waals surface area contributed by atoms with E-state index in [1.54, 1.807) is 18.4 Å². The molecule has 0 aliphatic rings. The third-order valence-electron chi connectivity index (χ3n) is 3.47. The van der Waals surface area contributed by atoms with Crippen molar-refractivity contribution in [3.05, 3.63) is 16.1 Å². The van der Waals surface area contributed by atoms with Crippen LogP contribution in [0.25, 0.3) is 0 Å². The average molecular weight is 284 g/mol. The summed E-state index contributed by atoms with van der Waals surface area (Å²) in [5, 5.41) is 6.87. The van der Waals surface area contributed by atoms with E-state index < -0.39 is 0 Å². The summed E-state index contributed by atoms with van der Waals surface area (Å²) in [6.07, 6.45) is 0.0638. The second kappa shape index (κ2) is 5.90. The third kappa shape index (κ3) is 3.77. The predicted molar refractivity (Wildman–Crippen MR) is 82.9 cm³/mol. The molecular weight excluding hydrogens is 256 g/mol. The number of hydrogen-bond acceptors (Lipinski definition) is 4. The molecule has 1 aromatic heterocycles. The maximum atomic E-state index is 5.57. The lowest BCUT2D eigenvalue weighted by molar-refractivity contribution is 0.0318. The maximum absolute atomic E-state index is 5.57. The standard InChI is InChI=1S/C15H28N2OS/c1-10(2)17-15(7,11(3)18-8)13-16-12(9-19-13)14(4,5)6/h9-11,17H,1-8H3. The molecule has 0 aliphatic heterocycles. The lowest BCUT2D eigenvalue weighted by Crippen LogP contribution is -2.51. The second-order valence-electron chi connectivity index (χ2n) is 6.67. The summed E-state index contributed by atoms with van der Waals surface area (Å²) in [7, 11) is 1.75. The molecular formula is C15H28N2OS. The number of thiazole rings is 1. The first kappa shape index (κ1) is 16.6. The highest BCUT2D eigenvalue weighted by molar-refractivity contribution is 7.09. The van der Waals surface area contributed by atoms with Gasteiger partial charge >= 0.3 is 0 Å². The Labute approximate surface area is 121 Å². The van der Waals surface area contributed by atoms with Crippen LogP contribution in [0.3, 0.4) is 0 Å². The zero-order valence-corrected chi connectivity index (χ0v) is 14.3. The molecule has 2 unspecified atom stereocenters. The van der Waals surface area contributed by atoms with Gasteiger partial charge < -0.3 is 10.1 Å². The van der Waals surface area contributed by atoms with Crippen LogP contribution >= 0.6 is 11.3 Å². The van der Waals surface area contributed by atoms with Crippen LogP contribution in [0.4, 0.5) is 0 Å². The molecule has 1 heterocycles. The average Bonchev–Trinajstić information content (AvgIpc) is 2.76. The molecule has 19 heavy (non-hydrogen) atoms. The van der Waals surface area contributed by atoms with Gasteiger partial charge in [-0.1, -0.05) is 20.8 Å². The van der Waals surface area contributed by atoms with E-state index >= 15 is 0 Å². The minimum atomic E-state index is -0.253. The molecule has 0 amide bonds. The van der Waals surface area contributed by atoms with E-state index in [1.807, 2.05) is 0 Å². The molecule has 110 valence electrons. The molecule has 0 spiro atoms. The smallest absolute Gasteiger partial charge is 0.115 e. The van der Waals surface area contributed by atoms with Gasteiger partial charge in [0.2, 0.25) is 0 Å². The minimum absolute atomic E-state index is 0.0638. The highest BCUT2D eigenvalue weighted by Gasteiger charge is 2.37. The predicted octanol–water partition coefficient (Wildman–Crippen LogP) is 3.69. The van der Waals surface area contributed by atoms with Crippen LogP contribution in [-0.4, -0.2) is 24.2 Å². The van der Waals surface area contributed by atoms with E-state index in [0.29, 0.717) is 6.04 Å². The normalized spacial score (nSPS) is 17.5. The fourth-order valence-corrected chi connectivity index (χ4v) is 3.30. The van der Waals surface area contributed by atoms with E-state index in [2.05, 4.69) is 59.2 Å². The van der Waals surface area contributed by atoms with Crippen LogP contribution in [-0.2, 0) is 15.7 Å². The quantitative estimate of drug-likeness (QED) is 0.895. The van der Waals surface area contributed by atoms with Gasteiger partial charge in [-0.05, 0) is 27.7 Å². The Hall–Kier alpha value is -0.450. The van der Waals surface area contributed by atoms with Crippen molar-refractivity contribution in [1.82, 2.24) is 10.3 Å². The van der Waals surface area contributed by atoms with Gasteiger partial charge in [0.05, 0.1) is 17.3 Å². The van der Waals surface area contributed by atoms with E-state index in [-0.39, 0.29) is 17.1 Å². The molecule has 0 saturated carbocycles. The van der Waals surface area contributed by atoms with Gasteiger partial charge in [0.15, 0.2) is 0 Å². The summed E-state index contributed by atoms with van der Waals surface area (Å²) < 4.78 is 5.57. The first-order valence-electron chi connectivity index (χ1n) is 6.88. The summed E-state index contributed by atoms with van der Waals surface area (Å²) in [6.45, 7) is 15.1. The maximum Gasteiger partial charge on any atom is 0.115 e. The molecule has 0 aromatic carbocycles. The zero-order valence-electron chi connectivity index (χ0n) is 13.5. The minimum Gasteiger partial charge on any atom is -0.379 e. The first-order chi connectivity index (χ1) is 8.61. The van der Waals surface area contributed by atoms with Crippen LogP contribution in [0.1, 0.15) is 59.2 Å². The van der Waals surface area contributed by atoms with Gasteiger partial charge in [-0.2, -0.15) is 0 Å². The Balaban J connectivity index is 3.15. The van der Waals surface area contributed by atoms with Crippen LogP contribution in [0.2, 0.25) is 0 Å². The summed E-state index contributed by atoms with van der Waals surface area (Å²) in [4.78, 5) is 4.85. The van der Waals surface area contributed by atoms with E-state index in [4.69, 9.17) is 9.72 Å². The molecule has 1 aromatic rings. The highest BCUT2D eigenvalue weighted by Crippen LogP contribution is 2.33. The molecule has 4 heteroatoms. The number of rotatable bonds is 5. The van der Waals surface area contributed by atoms with Crippen LogP contribution in [0, 0.1) is 0 Å². The molecule has 0 fully saturated rings. The lowest BCUT2D eigenvalue weighted by atomic mass is 9.92. The number of nitrogens with one attached hydrogen (secondary N) is 1. The van der Waals surface area contributed by atoms with Crippen molar-refractivity contribution in [3.8, 4) is 0 Å². The molecule has 1 rings (SSSR count). The van der Waals surface area contributed by atoms with Crippen LogP contribution in [0.15, 0.2) is 5.38 Å². The van der Waals surface area contributed by atoms with E-state index in [0.717, 1.165) is 10.7 Å². The van der Waals surface area contributed by atoms with Crippen molar-refractivity contribution >= 4 is 11.3 Å². The fraction of sp³-hybridized carbons (Fsp3) is 0.800. The molecule has 0 saturated heterocycles. The van der Waals surface area contributed by atoms with Gasteiger partial charge in [0, 0.05) is 23.9 Å². The van der Waals surface area contributed by atoms with Gasteiger partial charge in [-0.25, -0.2) is 4.98 Å². The van der Waals surface area contributed by atoms with Crippen LogP contribution < -0.4 is 5.32 Å².